The van der Waals surface area contributed by atoms with E-state index in [1.165, 1.54) is 0 Å². The first kappa shape index (κ1) is 12.8. The molecule has 3 heteroatoms. The van der Waals surface area contributed by atoms with Gasteiger partial charge in [0.05, 0.1) is 6.54 Å². The first-order valence-electron chi connectivity index (χ1n) is 6.35. The van der Waals surface area contributed by atoms with Crippen LogP contribution in [0.3, 0.4) is 0 Å². The normalized spacial score (nSPS) is 18.0. The summed E-state index contributed by atoms with van der Waals surface area (Å²) in [6.45, 7) is 1.94. The molecule has 0 saturated carbocycles. The molecule has 1 aromatic rings. The molecular weight excluding hydrogens is 226 g/mol. The zero-order chi connectivity index (χ0) is 13.0. The quantitative estimate of drug-likeness (QED) is 0.853. The van der Waals surface area contributed by atoms with Gasteiger partial charge in [-0.2, -0.15) is 0 Å². The molecule has 0 aromatic heterocycles. The highest BCUT2D eigenvalue weighted by Gasteiger charge is 2.24. The van der Waals surface area contributed by atoms with E-state index in [4.69, 9.17) is 0 Å². The van der Waals surface area contributed by atoms with Crippen LogP contribution in [0.1, 0.15) is 31.7 Å². The van der Waals surface area contributed by atoms with Crippen molar-refractivity contribution in [2.45, 2.75) is 31.8 Å². The van der Waals surface area contributed by atoms with E-state index in [2.05, 4.69) is 5.32 Å². The van der Waals surface area contributed by atoms with Gasteiger partial charge in [0.15, 0.2) is 0 Å². The monoisotopic (exact) mass is 245 g/mol. The standard InChI is InChI=1S/C15H19NO2/c1-15(18,13-9-3-2-4-10-13)11-16-14(17)12-7-5-6-8-12/h2-4,7,9-10,18H,5-6,8,11H2,1H3,(H,16,17). The number of aliphatic hydroxyl groups is 1. The topological polar surface area (TPSA) is 49.3 Å². The zero-order valence-electron chi connectivity index (χ0n) is 10.6. The Bertz CT molecular complexity index is 449. The molecule has 3 nitrogen and oxygen atoms in total. The van der Waals surface area contributed by atoms with Crippen LogP contribution >= 0.6 is 0 Å². The summed E-state index contributed by atoms with van der Waals surface area (Å²) in [6.07, 6.45) is 4.86. The summed E-state index contributed by atoms with van der Waals surface area (Å²) in [5.74, 6) is -0.0521. The van der Waals surface area contributed by atoms with Gasteiger partial charge in [-0.1, -0.05) is 36.4 Å². The molecule has 1 aliphatic carbocycles. The fraction of sp³-hybridized carbons (Fsp3) is 0.400. The number of benzene rings is 1. The van der Waals surface area contributed by atoms with Gasteiger partial charge in [-0.05, 0) is 31.7 Å². The first-order chi connectivity index (χ1) is 8.59. The molecule has 1 unspecified atom stereocenters. The van der Waals surface area contributed by atoms with E-state index in [9.17, 15) is 9.90 Å². The van der Waals surface area contributed by atoms with Crippen molar-refractivity contribution >= 4 is 5.91 Å². The van der Waals surface area contributed by atoms with Gasteiger partial charge in [-0.25, -0.2) is 0 Å². The summed E-state index contributed by atoms with van der Waals surface area (Å²) in [5.41, 5.74) is 0.625. The Kier molecular flexibility index (Phi) is 3.82. The number of nitrogens with one attached hydrogen (secondary N) is 1. The van der Waals surface area contributed by atoms with Gasteiger partial charge in [-0.15, -0.1) is 0 Å². The van der Waals surface area contributed by atoms with Crippen LogP contribution in [0.5, 0.6) is 0 Å². The lowest BCUT2D eigenvalue weighted by molar-refractivity contribution is -0.118. The van der Waals surface area contributed by atoms with E-state index in [0.717, 1.165) is 30.4 Å². The molecule has 1 atom stereocenters. The third kappa shape index (κ3) is 2.99. The largest absolute Gasteiger partial charge is 0.384 e. The van der Waals surface area contributed by atoms with E-state index in [-0.39, 0.29) is 12.5 Å². The van der Waals surface area contributed by atoms with Crippen molar-refractivity contribution in [3.05, 3.63) is 47.5 Å². The molecule has 0 aliphatic heterocycles. The van der Waals surface area contributed by atoms with Crippen molar-refractivity contribution in [3.8, 4) is 0 Å². The van der Waals surface area contributed by atoms with Crippen LogP contribution in [0, 0.1) is 0 Å². The number of allylic oxidation sites excluding steroid dienone is 1. The van der Waals surface area contributed by atoms with Gasteiger partial charge in [0.2, 0.25) is 5.91 Å². The average molecular weight is 245 g/mol. The van der Waals surface area contributed by atoms with E-state index in [0.29, 0.717) is 0 Å². The maximum absolute atomic E-state index is 11.8. The van der Waals surface area contributed by atoms with Crippen molar-refractivity contribution in [1.82, 2.24) is 5.32 Å². The molecule has 0 bridgehead atoms. The Morgan fingerprint density at radius 1 is 1.39 bits per heavy atom. The van der Waals surface area contributed by atoms with E-state index >= 15 is 0 Å². The lowest BCUT2D eigenvalue weighted by Gasteiger charge is -2.24. The molecule has 0 fully saturated rings. The predicted octanol–water partition coefficient (Wildman–Crippen LogP) is 2.12. The van der Waals surface area contributed by atoms with Crippen LogP contribution in [0.25, 0.3) is 0 Å². The Morgan fingerprint density at radius 3 is 2.72 bits per heavy atom. The molecule has 0 heterocycles. The molecule has 0 saturated heterocycles. The second-order valence-electron chi connectivity index (χ2n) is 4.94. The number of carbonyl (C=O) groups is 1. The summed E-state index contributed by atoms with van der Waals surface area (Å²) in [6, 6.07) is 9.39. The van der Waals surface area contributed by atoms with Gasteiger partial charge in [0, 0.05) is 5.57 Å². The van der Waals surface area contributed by atoms with E-state index in [1.807, 2.05) is 36.4 Å². The predicted molar refractivity (Wildman–Crippen MR) is 71.0 cm³/mol. The first-order valence-corrected chi connectivity index (χ1v) is 6.35. The molecule has 1 aliphatic rings. The minimum atomic E-state index is -1.03. The van der Waals surface area contributed by atoms with Gasteiger partial charge >= 0.3 is 0 Å². The summed E-state index contributed by atoms with van der Waals surface area (Å²) >= 11 is 0. The van der Waals surface area contributed by atoms with Crippen LogP contribution in [0.4, 0.5) is 0 Å². The number of rotatable bonds is 4. The number of carbonyl (C=O) groups excluding carboxylic acids is 1. The molecule has 2 N–H and O–H groups in total. The van der Waals surface area contributed by atoms with Gasteiger partial charge < -0.3 is 10.4 Å². The second-order valence-corrected chi connectivity index (χ2v) is 4.94. The molecule has 0 spiro atoms. The highest BCUT2D eigenvalue weighted by molar-refractivity contribution is 5.93. The minimum absolute atomic E-state index is 0.0521. The Labute approximate surface area is 108 Å². The average Bonchev–Trinajstić information content (AvgIpc) is 2.91. The number of amides is 1. The highest BCUT2D eigenvalue weighted by atomic mass is 16.3. The van der Waals surface area contributed by atoms with Gasteiger partial charge in [0.25, 0.3) is 0 Å². The van der Waals surface area contributed by atoms with Gasteiger partial charge in [-0.3, -0.25) is 4.79 Å². The molecule has 96 valence electrons. The summed E-state index contributed by atoms with van der Waals surface area (Å²) < 4.78 is 0. The molecule has 1 amide bonds. The summed E-state index contributed by atoms with van der Waals surface area (Å²) in [4.78, 5) is 11.8. The maximum atomic E-state index is 11.8. The fourth-order valence-electron chi connectivity index (χ4n) is 2.14. The van der Waals surface area contributed by atoms with Crippen molar-refractivity contribution in [2.75, 3.05) is 6.54 Å². The van der Waals surface area contributed by atoms with Crippen molar-refractivity contribution < 1.29 is 9.90 Å². The summed E-state index contributed by atoms with van der Waals surface area (Å²) in [5, 5.41) is 13.1. The molecule has 2 rings (SSSR count). The van der Waals surface area contributed by atoms with Crippen LogP contribution < -0.4 is 5.32 Å². The van der Waals surface area contributed by atoms with Gasteiger partial charge in [0.1, 0.15) is 5.60 Å². The van der Waals surface area contributed by atoms with Crippen molar-refractivity contribution in [3.63, 3.8) is 0 Å². The molecular formula is C15H19NO2. The lowest BCUT2D eigenvalue weighted by atomic mass is 9.96. The smallest absolute Gasteiger partial charge is 0.246 e. The maximum Gasteiger partial charge on any atom is 0.246 e. The van der Waals surface area contributed by atoms with Crippen LogP contribution in [-0.2, 0) is 10.4 Å². The molecule has 0 radical (unpaired) electrons. The second kappa shape index (κ2) is 5.36. The van der Waals surface area contributed by atoms with Crippen LogP contribution in [0.15, 0.2) is 42.0 Å². The zero-order valence-corrected chi connectivity index (χ0v) is 10.6. The Morgan fingerprint density at radius 2 is 2.11 bits per heavy atom. The minimum Gasteiger partial charge on any atom is -0.384 e. The number of hydrogen-bond acceptors (Lipinski definition) is 2. The lowest BCUT2D eigenvalue weighted by Crippen LogP contribution is -2.39. The SMILES string of the molecule is CC(O)(CNC(=O)C1=CCCC1)c1ccccc1. The molecule has 1 aromatic carbocycles. The number of hydrogen-bond donors (Lipinski definition) is 2. The third-order valence-electron chi connectivity index (χ3n) is 3.32. The van der Waals surface area contributed by atoms with E-state index in [1.54, 1.807) is 6.92 Å². The highest BCUT2D eigenvalue weighted by Crippen LogP contribution is 2.20. The summed E-state index contributed by atoms with van der Waals surface area (Å²) in [7, 11) is 0. The Balaban J connectivity index is 1.95. The van der Waals surface area contributed by atoms with Crippen molar-refractivity contribution in [2.24, 2.45) is 0 Å². The fourth-order valence-corrected chi connectivity index (χ4v) is 2.14. The van der Waals surface area contributed by atoms with Crippen molar-refractivity contribution in [1.29, 1.82) is 0 Å². The Hall–Kier alpha value is -1.61. The third-order valence-corrected chi connectivity index (χ3v) is 3.32. The van der Waals surface area contributed by atoms with Crippen LogP contribution in [-0.4, -0.2) is 17.6 Å². The molecule has 18 heavy (non-hydrogen) atoms. The van der Waals surface area contributed by atoms with E-state index < -0.39 is 5.60 Å². The van der Waals surface area contributed by atoms with Crippen LogP contribution in [0.2, 0.25) is 0 Å².